The van der Waals surface area contributed by atoms with Gasteiger partial charge < -0.3 is 0 Å². The van der Waals surface area contributed by atoms with Gasteiger partial charge in [-0.25, -0.2) is 0 Å². The summed E-state index contributed by atoms with van der Waals surface area (Å²) < 4.78 is 0. The summed E-state index contributed by atoms with van der Waals surface area (Å²) >= 11 is -0.106. The Bertz CT molecular complexity index is 1230. The number of rotatable bonds is 2. The molecule has 0 aromatic heterocycles. The van der Waals surface area contributed by atoms with E-state index in [1.54, 1.807) is 0 Å². The third-order valence-corrected chi connectivity index (χ3v) is 7.19. The zero-order chi connectivity index (χ0) is 31.2. The van der Waals surface area contributed by atoms with Gasteiger partial charge in [0.1, 0.15) is 0 Å². The topological polar surface area (TPSA) is 0 Å². The van der Waals surface area contributed by atoms with Gasteiger partial charge in [-0.2, -0.15) is 24.3 Å². The van der Waals surface area contributed by atoms with Crippen LogP contribution < -0.4 is 0 Å². The Balaban J connectivity index is 0.000000376. The first-order valence-electron chi connectivity index (χ1n) is 14.4. The van der Waals surface area contributed by atoms with Crippen molar-refractivity contribution in [3.05, 3.63) is 107 Å². The van der Waals surface area contributed by atoms with Crippen LogP contribution in [-0.2, 0) is 54.7 Å². The molecule has 0 bridgehead atoms. The third kappa shape index (κ3) is 10.5. The van der Waals surface area contributed by atoms with Gasteiger partial charge in [0.05, 0.1) is 0 Å². The molecular weight excluding hydrogens is 690 g/mol. The molecule has 0 aliphatic heterocycles. The predicted octanol–water partition coefficient (Wildman–Crippen LogP) is 12.7. The summed E-state index contributed by atoms with van der Waals surface area (Å²) in [5, 5.41) is 0. The van der Waals surface area contributed by atoms with E-state index in [1.807, 2.05) is 0 Å². The Morgan fingerprint density at radius 1 is 0.452 bits per heavy atom. The second-order valence-electron chi connectivity index (χ2n) is 14.8. The largest absolute Gasteiger partial charge is 2.00 e. The molecule has 0 N–H and O–H groups in total. The van der Waals surface area contributed by atoms with Crippen LogP contribution in [0.25, 0.3) is 22.3 Å². The van der Waals surface area contributed by atoms with E-state index in [0.717, 1.165) is 0 Å². The molecule has 0 atom stereocenters. The molecule has 0 saturated heterocycles. The monoisotopic (exact) mass is 738 g/mol. The van der Waals surface area contributed by atoms with Gasteiger partial charge >= 0.3 is 52.1 Å². The van der Waals surface area contributed by atoms with Gasteiger partial charge in [0, 0.05) is 0 Å². The first-order valence-corrected chi connectivity index (χ1v) is 18.4. The van der Waals surface area contributed by atoms with Crippen LogP contribution in [-0.4, -0.2) is 0 Å². The number of benzene rings is 2. The SMILES string of the molecule is CC(C)(C)c1cccc(-[c-]2cccc2)c1C(C)(C)C.CC(C)(C)c1cccc(-[c-]2cccc2)c1C(C)(C)C.[Cl][Pd][Cl].[Fe+2]. The van der Waals surface area contributed by atoms with Gasteiger partial charge in [0.25, 0.3) is 0 Å². The van der Waals surface area contributed by atoms with E-state index < -0.39 is 0 Å². The fourth-order valence-corrected chi connectivity index (χ4v) is 5.56. The van der Waals surface area contributed by atoms with E-state index in [0.29, 0.717) is 0 Å². The molecule has 0 radical (unpaired) electrons. The Kier molecular flexibility index (Phi) is 14.6. The second kappa shape index (κ2) is 15.8. The smallest absolute Gasteiger partial charge is 2.00 e. The van der Waals surface area contributed by atoms with Crippen molar-refractivity contribution in [1.29, 1.82) is 0 Å². The van der Waals surface area contributed by atoms with Crippen molar-refractivity contribution in [1.82, 2.24) is 0 Å². The first-order chi connectivity index (χ1) is 18.8. The van der Waals surface area contributed by atoms with Crippen LogP contribution in [0.4, 0.5) is 0 Å². The minimum absolute atomic E-state index is 0. The van der Waals surface area contributed by atoms with Crippen molar-refractivity contribution in [2.75, 3.05) is 0 Å². The fraction of sp³-hybridized carbons (Fsp3) is 0.421. The standard InChI is InChI=1S/2C19H25.2ClH.Fe.Pd/c2*1-18(2,3)16-13-9-12-15(14-10-7-8-11-14)17(16)19(4,5)6;;;;/h2*7-13H,1-6H3;2*1H;;/q2*-1;;;2*+2/p-2. The zero-order valence-electron chi connectivity index (χ0n) is 27.5. The molecule has 0 spiro atoms. The molecule has 4 heteroatoms. The van der Waals surface area contributed by atoms with E-state index in [1.165, 1.54) is 44.5 Å². The summed E-state index contributed by atoms with van der Waals surface area (Å²) in [5.41, 5.74) is 11.9. The first kappa shape index (κ1) is 38.9. The third-order valence-electron chi connectivity index (χ3n) is 7.19. The van der Waals surface area contributed by atoms with E-state index >= 15 is 0 Å². The van der Waals surface area contributed by atoms with E-state index in [2.05, 4.69) is 168 Å². The van der Waals surface area contributed by atoms with Gasteiger partial charge in [-0.3, -0.25) is 0 Å². The van der Waals surface area contributed by atoms with Crippen molar-refractivity contribution in [3.63, 3.8) is 0 Å². The quantitative estimate of drug-likeness (QED) is 0.142. The molecule has 0 heterocycles. The van der Waals surface area contributed by atoms with Crippen molar-refractivity contribution in [3.8, 4) is 22.3 Å². The van der Waals surface area contributed by atoms with Gasteiger partial charge in [-0.05, 0) is 21.7 Å². The van der Waals surface area contributed by atoms with Crippen LogP contribution in [0.2, 0.25) is 0 Å². The summed E-state index contributed by atoms with van der Waals surface area (Å²) in [4.78, 5) is 0. The fourth-order valence-electron chi connectivity index (χ4n) is 5.56. The van der Waals surface area contributed by atoms with Crippen molar-refractivity contribution in [2.24, 2.45) is 0 Å². The maximum absolute atomic E-state index is 4.81. The maximum atomic E-state index is 4.81. The molecule has 0 unspecified atom stereocenters. The molecule has 234 valence electrons. The average molecular weight is 740 g/mol. The van der Waals surface area contributed by atoms with Crippen LogP contribution in [0.5, 0.6) is 0 Å². The van der Waals surface area contributed by atoms with Gasteiger partial charge in [0.15, 0.2) is 0 Å². The van der Waals surface area contributed by atoms with E-state index in [-0.39, 0.29) is 54.7 Å². The predicted molar refractivity (Wildman–Crippen MR) is 181 cm³/mol. The van der Waals surface area contributed by atoms with Crippen LogP contribution in [0.1, 0.15) is 105 Å². The van der Waals surface area contributed by atoms with Gasteiger partial charge in [-0.1, -0.05) is 141 Å². The summed E-state index contributed by atoms with van der Waals surface area (Å²) in [6, 6.07) is 30.8. The van der Waals surface area contributed by atoms with Crippen LogP contribution in [0, 0.1) is 0 Å². The van der Waals surface area contributed by atoms with Crippen LogP contribution >= 0.6 is 19.1 Å². The van der Waals surface area contributed by atoms with Crippen LogP contribution in [0.15, 0.2) is 84.9 Å². The molecular formula is C38H50Cl2FePd. The molecule has 42 heavy (non-hydrogen) atoms. The summed E-state index contributed by atoms with van der Waals surface area (Å²) in [6.07, 6.45) is 0. The summed E-state index contributed by atoms with van der Waals surface area (Å²) in [6.45, 7) is 27.6. The van der Waals surface area contributed by atoms with Crippen molar-refractivity contribution in [2.45, 2.75) is 105 Å². The average Bonchev–Trinajstić information content (AvgIpc) is 3.57. The van der Waals surface area contributed by atoms with E-state index in [9.17, 15) is 0 Å². The van der Waals surface area contributed by atoms with Gasteiger partial charge in [0.2, 0.25) is 0 Å². The molecule has 4 aromatic carbocycles. The Morgan fingerprint density at radius 3 is 0.929 bits per heavy atom. The minimum atomic E-state index is -0.106. The molecule has 0 amide bonds. The zero-order valence-corrected chi connectivity index (χ0v) is 31.7. The van der Waals surface area contributed by atoms with Gasteiger partial charge in [-0.15, -0.1) is 47.5 Å². The summed E-state index contributed by atoms with van der Waals surface area (Å²) in [7, 11) is 9.63. The summed E-state index contributed by atoms with van der Waals surface area (Å²) in [5.74, 6) is 0. The number of halogens is 2. The molecule has 0 saturated carbocycles. The van der Waals surface area contributed by atoms with Crippen LogP contribution in [0.3, 0.4) is 0 Å². The molecule has 4 aromatic rings. The molecule has 0 aliphatic carbocycles. The normalized spacial score (nSPS) is 12.0. The molecule has 0 nitrogen and oxygen atoms in total. The van der Waals surface area contributed by atoms with E-state index in [4.69, 9.17) is 19.1 Å². The number of hydrogen-bond donors (Lipinski definition) is 0. The number of hydrogen-bond acceptors (Lipinski definition) is 0. The minimum Gasteiger partial charge on any atom is 2.00 e. The Morgan fingerprint density at radius 2 is 0.714 bits per heavy atom. The second-order valence-corrected chi connectivity index (χ2v) is 17.2. The Labute approximate surface area is 284 Å². The molecule has 0 fully saturated rings. The Hall–Kier alpha value is -1.10. The van der Waals surface area contributed by atoms with Crippen molar-refractivity contribution < 1.29 is 33.0 Å². The van der Waals surface area contributed by atoms with Crippen molar-refractivity contribution >= 4 is 19.1 Å². The maximum Gasteiger partial charge on any atom is 2.00 e. The molecule has 0 aliphatic rings. The molecule has 4 rings (SSSR count).